The molecule has 0 bridgehead atoms. The first-order chi connectivity index (χ1) is 8.36. The van der Waals surface area contributed by atoms with Crippen LogP contribution in [0.25, 0.3) is 22.3 Å². The molecule has 0 aliphatic carbocycles. The van der Waals surface area contributed by atoms with E-state index in [-0.39, 0.29) is 1.43 Å². The van der Waals surface area contributed by atoms with Crippen LogP contribution in [0.5, 0.6) is 0 Å². The molecule has 0 unspecified atom stereocenters. The molecular formula is C12H17N5. The molecule has 90 valence electrons. The van der Waals surface area contributed by atoms with Gasteiger partial charge in [-0.25, -0.2) is 9.97 Å². The van der Waals surface area contributed by atoms with Crippen LogP contribution in [0, 0.1) is 0 Å². The molecule has 3 aromatic heterocycles. The van der Waals surface area contributed by atoms with Crippen LogP contribution < -0.4 is 0 Å². The Kier molecular flexibility index (Phi) is 3.49. The SMILES string of the molecule is CCC.[HH].c1nc(-c2cn[nH]c2)c2cc[nH]c2n1. The van der Waals surface area contributed by atoms with Crippen molar-refractivity contribution in [1.82, 2.24) is 25.1 Å². The van der Waals surface area contributed by atoms with Gasteiger partial charge in [0.15, 0.2) is 0 Å². The molecule has 5 nitrogen and oxygen atoms in total. The highest BCUT2D eigenvalue weighted by Crippen LogP contribution is 2.22. The van der Waals surface area contributed by atoms with Gasteiger partial charge in [-0.2, -0.15) is 5.10 Å². The Morgan fingerprint density at radius 1 is 1.29 bits per heavy atom. The molecule has 0 saturated heterocycles. The van der Waals surface area contributed by atoms with Crippen molar-refractivity contribution in [3.05, 3.63) is 31.0 Å². The molecule has 3 rings (SSSR count). The van der Waals surface area contributed by atoms with Crippen LogP contribution >= 0.6 is 0 Å². The molecule has 0 radical (unpaired) electrons. The Morgan fingerprint density at radius 3 is 2.82 bits per heavy atom. The zero-order valence-electron chi connectivity index (χ0n) is 9.94. The van der Waals surface area contributed by atoms with E-state index < -0.39 is 0 Å². The number of nitrogens with one attached hydrogen (secondary N) is 2. The minimum atomic E-state index is 0. The number of hydrogen-bond donors (Lipinski definition) is 2. The minimum absolute atomic E-state index is 0. The minimum Gasteiger partial charge on any atom is -0.346 e. The van der Waals surface area contributed by atoms with Crippen LogP contribution in [0.2, 0.25) is 0 Å². The number of H-pyrrole nitrogens is 2. The van der Waals surface area contributed by atoms with E-state index in [9.17, 15) is 0 Å². The number of hydrogen-bond acceptors (Lipinski definition) is 3. The lowest BCUT2D eigenvalue weighted by molar-refractivity contribution is 1.09. The van der Waals surface area contributed by atoms with Crippen molar-refractivity contribution in [2.75, 3.05) is 0 Å². The largest absolute Gasteiger partial charge is 0.346 e. The summed E-state index contributed by atoms with van der Waals surface area (Å²) in [5.74, 6) is 0. The van der Waals surface area contributed by atoms with Gasteiger partial charge in [0.25, 0.3) is 0 Å². The number of rotatable bonds is 1. The van der Waals surface area contributed by atoms with Gasteiger partial charge < -0.3 is 4.98 Å². The fourth-order valence-corrected chi connectivity index (χ4v) is 1.48. The maximum atomic E-state index is 4.23. The van der Waals surface area contributed by atoms with Crippen molar-refractivity contribution >= 4 is 11.0 Å². The van der Waals surface area contributed by atoms with Gasteiger partial charge in [0.05, 0.1) is 11.9 Å². The van der Waals surface area contributed by atoms with Crippen LogP contribution in [0.3, 0.4) is 0 Å². The number of aromatic nitrogens is 5. The molecule has 0 spiro atoms. The normalized spacial score (nSPS) is 10.0. The third-order valence-electron chi connectivity index (χ3n) is 2.13. The monoisotopic (exact) mass is 231 g/mol. The number of aromatic amines is 2. The summed E-state index contributed by atoms with van der Waals surface area (Å²) in [6.45, 7) is 4.25. The van der Waals surface area contributed by atoms with Gasteiger partial charge in [-0.05, 0) is 6.07 Å². The molecule has 0 atom stereocenters. The van der Waals surface area contributed by atoms with E-state index in [1.807, 2.05) is 18.5 Å². The van der Waals surface area contributed by atoms with Gasteiger partial charge in [0, 0.05) is 24.8 Å². The van der Waals surface area contributed by atoms with Gasteiger partial charge in [-0.1, -0.05) is 20.3 Å². The van der Waals surface area contributed by atoms with E-state index in [0.29, 0.717) is 0 Å². The topological polar surface area (TPSA) is 70.2 Å². The van der Waals surface area contributed by atoms with E-state index in [2.05, 4.69) is 39.0 Å². The second kappa shape index (κ2) is 5.25. The maximum Gasteiger partial charge on any atom is 0.141 e. The fraction of sp³-hybridized carbons (Fsp3) is 0.250. The van der Waals surface area contributed by atoms with Crippen molar-refractivity contribution in [3.8, 4) is 11.3 Å². The van der Waals surface area contributed by atoms with E-state index in [1.54, 1.807) is 12.5 Å². The average Bonchev–Trinajstić information content (AvgIpc) is 3.01. The standard InChI is InChI=1S/C9H7N5.C3H8.H2/c1-2-10-9-7(1)8(11-5-12-9)6-3-13-14-4-6;1-3-2;/h1-5H,(H,13,14)(H,10,11,12);3H2,1-2H3;1H. The number of fused-ring (bicyclic) bond motifs is 1. The highest BCUT2D eigenvalue weighted by Gasteiger charge is 2.06. The third kappa shape index (κ3) is 2.33. The molecule has 0 aliphatic heterocycles. The molecule has 0 amide bonds. The Morgan fingerprint density at radius 2 is 2.12 bits per heavy atom. The van der Waals surface area contributed by atoms with Gasteiger partial charge in [-0.3, -0.25) is 5.10 Å². The van der Waals surface area contributed by atoms with E-state index >= 15 is 0 Å². The highest BCUT2D eigenvalue weighted by atomic mass is 15.1. The van der Waals surface area contributed by atoms with Crippen LogP contribution in [-0.2, 0) is 0 Å². The Hall–Kier alpha value is -2.17. The van der Waals surface area contributed by atoms with Gasteiger partial charge in [-0.15, -0.1) is 0 Å². The summed E-state index contributed by atoms with van der Waals surface area (Å²) in [5, 5.41) is 7.67. The van der Waals surface area contributed by atoms with Crippen molar-refractivity contribution in [1.29, 1.82) is 0 Å². The van der Waals surface area contributed by atoms with Crippen molar-refractivity contribution in [2.45, 2.75) is 20.3 Å². The molecular weight excluding hydrogens is 214 g/mol. The van der Waals surface area contributed by atoms with Gasteiger partial charge >= 0.3 is 0 Å². The Labute approximate surface area is 101 Å². The van der Waals surface area contributed by atoms with Crippen LogP contribution in [-0.4, -0.2) is 25.1 Å². The summed E-state index contributed by atoms with van der Waals surface area (Å²) >= 11 is 0. The second-order valence-electron chi connectivity index (χ2n) is 3.66. The van der Waals surface area contributed by atoms with Gasteiger partial charge in [0.2, 0.25) is 0 Å². The van der Waals surface area contributed by atoms with Crippen molar-refractivity contribution in [3.63, 3.8) is 0 Å². The zero-order chi connectivity index (χ0) is 12.1. The highest BCUT2D eigenvalue weighted by molar-refractivity contribution is 5.89. The molecule has 3 heterocycles. The summed E-state index contributed by atoms with van der Waals surface area (Å²) < 4.78 is 0. The third-order valence-corrected chi connectivity index (χ3v) is 2.13. The summed E-state index contributed by atoms with van der Waals surface area (Å²) in [5.41, 5.74) is 2.71. The lowest BCUT2D eigenvalue weighted by Gasteiger charge is -1.96. The molecule has 3 aromatic rings. The molecule has 0 saturated carbocycles. The van der Waals surface area contributed by atoms with Crippen molar-refractivity contribution < 1.29 is 1.43 Å². The summed E-state index contributed by atoms with van der Waals surface area (Å²) in [4.78, 5) is 11.4. The first kappa shape index (κ1) is 11.3. The zero-order valence-corrected chi connectivity index (χ0v) is 9.94. The quantitative estimate of drug-likeness (QED) is 0.676. The summed E-state index contributed by atoms with van der Waals surface area (Å²) in [7, 11) is 0. The smallest absolute Gasteiger partial charge is 0.141 e. The fourth-order valence-electron chi connectivity index (χ4n) is 1.48. The second-order valence-corrected chi connectivity index (χ2v) is 3.66. The van der Waals surface area contributed by atoms with Gasteiger partial charge in [0.1, 0.15) is 12.0 Å². The first-order valence-corrected chi connectivity index (χ1v) is 5.64. The lowest BCUT2D eigenvalue weighted by Crippen LogP contribution is -1.85. The number of nitrogens with zero attached hydrogens (tertiary/aromatic N) is 3. The molecule has 2 N–H and O–H groups in total. The molecule has 0 fully saturated rings. The maximum absolute atomic E-state index is 4.23. The van der Waals surface area contributed by atoms with Crippen LogP contribution in [0.4, 0.5) is 0 Å². The predicted molar refractivity (Wildman–Crippen MR) is 69.5 cm³/mol. The van der Waals surface area contributed by atoms with Crippen LogP contribution in [0.1, 0.15) is 21.7 Å². The molecule has 0 aliphatic rings. The first-order valence-electron chi connectivity index (χ1n) is 5.64. The molecule has 17 heavy (non-hydrogen) atoms. The molecule has 0 aromatic carbocycles. The van der Waals surface area contributed by atoms with E-state index in [0.717, 1.165) is 22.3 Å². The van der Waals surface area contributed by atoms with Crippen molar-refractivity contribution in [2.24, 2.45) is 0 Å². The van der Waals surface area contributed by atoms with Crippen LogP contribution in [0.15, 0.2) is 31.0 Å². The van der Waals surface area contributed by atoms with E-state index in [1.165, 1.54) is 6.42 Å². The lowest BCUT2D eigenvalue weighted by atomic mass is 10.2. The molecule has 5 heteroatoms. The summed E-state index contributed by atoms with van der Waals surface area (Å²) in [6, 6.07) is 1.96. The Balaban J connectivity index is 0.000000372. The van der Waals surface area contributed by atoms with E-state index in [4.69, 9.17) is 0 Å². The predicted octanol–water partition coefficient (Wildman–Crippen LogP) is 3.01. The average molecular weight is 231 g/mol. The Bertz CT molecular complexity index is 573. The summed E-state index contributed by atoms with van der Waals surface area (Å²) in [6.07, 6.45) is 8.20.